The normalized spacial score (nSPS) is 19.8. The van der Waals surface area contributed by atoms with E-state index in [2.05, 4.69) is 47.8 Å². The minimum absolute atomic E-state index is 0.0196. The molecule has 1 aliphatic carbocycles. The second kappa shape index (κ2) is 7.75. The third kappa shape index (κ3) is 3.67. The van der Waals surface area contributed by atoms with Crippen LogP contribution in [0.15, 0.2) is 24.4 Å². The van der Waals surface area contributed by atoms with Crippen LogP contribution in [-0.4, -0.2) is 52.7 Å². The lowest BCUT2D eigenvalue weighted by Gasteiger charge is -2.28. The molecule has 2 aromatic rings. The molecule has 2 amide bonds. The van der Waals surface area contributed by atoms with E-state index in [1.807, 2.05) is 15.8 Å². The number of piperazine rings is 1. The van der Waals surface area contributed by atoms with Crippen molar-refractivity contribution in [1.29, 1.82) is 0 Å². The van der Waals surface area contributed by atoms with E-state index in [0.717, 1.165) is 30.5 Å². The Morgan fingerprint density at radius 2 is 2.21 bits per heavy atom. The number of carbonyl (C=O) groups is 2. The summed E-state index contributed by atoms with van der Waals surface area (Å²) >= 11 is 0. The minimum atomic E-state index is -0.0352. The average Bonchev–Trinajstić information content (AvgIpc) is 3.09. The highest BCUT2D eigenvalue weighted by atomic mass is 16.2. The van der Waals surface area contributed by atoms with Crippen LogP contribution in [0.25, 0.3) is 5.69 Å². The van der Waals surface area contributed by atoms with Crippen LogP contribution in [0.3, 0.4) is 0 Å². The van der Waals surface area contributed by atoms with Crippen molar-refractivity contribution < 1.29 is 9.59 Å². The van der Waals surface area contributed by atoms with Gasteiger partial charge in [-0.15, -0.1) is 0 Å². The van der Waals surface area contributed by atoms with E-state index in [1.54, 1.807) is 0 Å². The Bertz CT molecular complexity index is 904. The summed E-state index contributed by atoms with van der Waals surface area (Å²) in [5.41, 5.74) is 5.86. The van der Waals surface area contributed by atoms with Crippen molar-refractivity contribution in [3.05, 3.63) is 46.8 Å². The maximum atomic E-state index is 12.6. The van der Waals surface area contributed by atoms with Crippen molar-refractivity contribution >= 4 is 11.8 Å². The monoisotopic (exact) mass is 381 g/mol. The summed E-state index contributed by atoms with van der Waals surface area (Å²) < 4.78 is 2.03. The van der Waals surface area contributed by atoms with Gasteiger partial charge in [-0.1, -0.05) is 12.1 Å². The number of benzene rings is 1. The van der Waals surface area contributed by atoms with Crippen LogP contribution in [0, 0.1) is 13.8 Å². The molecule has 0 radical (unpaired) electrons. The predicted octanol–water partition coefficient (Wildman–Crippen LogP) is 1.41. The van der Waals surface area contributed by atoms with Crippen LogP contribution in [0.2, 0.25) is 0 Å². The molecule has 0 unspecified atom stereocenters. The number of nitrogens with zero attached hydrogens (tertiary/aromatic N) is 3. The number of hydrogen-bond acceptors (Lipinski definition) is 4. The maximum Gasteiger partial charge on any atom is 0.234 e. The fraction of sp³-hybridized carbons (Fsp3) is 0.476. The van der Waals surface area contributed by atoms with Gasteiger partial charge in [0.1, 0.15) is 0 Å². The standard InChI is InChI=1S/C21H27N5O2/c1-14-5-3-7-18(15(14)2)26-19-8-4-6-17(16(19)11-23-26)24-21(28)13-25-10-9-22-20(27)12-25/h3,5,7,11,17H,4,6,8-10,12-13H2,1-2H3,(H,22,27)(H,24,28)/t17-/m1/s1. The molecule has 0 bridgehead atoms. The van der Waals surface area contributed by atoms with Gasteiger partial charge < -0.3 is 10.6 Å². The second-order valence-electron chi connectivity index (χ2n) is 7.75. The van der Waals surface area contributed by atoms with Gasteiger partial charge in [0.2, 0.25) is 11.8 Å². The highest BCUT2D eigenvalue weighted by Gasteiger charge is 2.27. The van der Waals surface area contributed by atoms with Gasteiger partial charge in [-0.25, -0.2) is 4.68 Å². The van der Waals surface area contributed by atoms with E-state index < -0.39 is 0 Å². The smallest absolute Gasteiger partial charge is 0.234 e. The first kappa shape index (κ1) is 18.7. The summed E-state index contributed by atoms with van der Waals surface area (Å²) in [6, 6.07) is 6.24. The van der Waals surface area contributed by atoms with Gasteiger partial charge in [0.15, 0.2) is 0 Å². The number of fused-ring (bicyclic) bond motifs is 1. The second-order valence-corrected chi connectivity index (χ2v) is 7.75. The van der Waals surface area contributed by atoms with Crippen LogP contribution in [-0.2, 0) is 16.0 Å². The first-order valence-corrected chi connectivity index (χ1v) is 9.94. The summed E-state index contributed by atoms with van der Waals surface area (Å²) in [6.45, 7) is 6.08. The van der Waals surface area contributed by atoms with Crippen LogP contribution < -0.4 is 10.6 Å². The van der Waals surface area contributed by atoms with Gasteiger partial charge in [-0.2, -0.15) is 5.10 Å². The molecule has 28 heavy (non-hydrogen) atoms. The van der Waals surface area contributed by atoms with Crippen LogP contribution in [0.1, 0.15) is 41.3 Å². The van der Waals surface area contributed by atoms with Gasteiger partial charge in [0.05, 0.1) is 31.0 Å². The number of hydrogen-bond donors (Lipinski definition) is 2. The number of amides is 2. The first-order valence-electron chi connectivity index (χ1n) is 9.94. The van der Waals surface area contributed by atoms with Gasteiger partial charge in [-0.05, 0) is 50.3 Å². The molecule has 2 aliphatic rings. The van der Waals surface area contributed by atoms with Crippen LogP contribution >= 0.6 is 0 Å². The van der Waals surface area contributed by atoms with Gasteiger partial charge >= 0.3 is 0 Å². The molecule has 1 aromatic carbocycles. The molecule has 1 aliphatic heterocycles. The molecule has 7 heteroatoms. The summed E-state index contributed by atoms with van der Waals surface area (Å²) in [6.07, 6.45) is 4.79. The molecule has 148 valence electrons. The topological polar surface area (TPSA) is 79.3 Å². The summed E-state index contributed by atoms with van der Waals surface area (Å²) in [5, 5.41) is 10.6. The third-order valence-electron chi connectivity index (χ3n) is 5.81. The number of nitrogens with one attached hydrogen (secondary N) is 2. The molecule has 1 aromatic heterocycles. The average molecular weight is 381 g/mol. The predicted molar refractivity (Wildman–Crippen MR) is 106 cm³/mol. The lowest BCUT2D eigenvalue weighted by molar-refractivity contribution is -0.127. The summed E-state index contributed by atoms with van der Waals surface area (Å²) in [4.78, 5) is 25.9. The van der Waals surface area contributed by atoms with Crippen molar-refractivity contribution in [2.45, 2.75) is 39.2 Å². The zero-order chi connectivity index (χ0) is 19.7. The Morgan fingerprint density at radius 3 is 3.04 bits per heavy atom. The lowest BCUT2D eigenvalue weighted by atomic mass is 9.92. The molecular weight excluding hydrogens is 354 g/mol. The molecule has 1 fully saturated rings. The van der Waals surface area contributed by atoms with Crippen LogP contribution in [0.4, 0.5) is 0 Å². The van der Waals surface area contributed by atoms with E-state index in [4.69, 9.17) is 0 Å². The quantitative estimate of drug-likeness (QED) is 0.839. The molecule has 0 spiro atoms. The molecule has 2 N–H and O–H groups in total. The van der Waals surface area contributed by atoms with Crippen LogP contribution in [0.5, 0.6) is 0 Å². The minimum Gasteiger partial charge on any atom is -0.354 e. The Labute approximate surface area is 165 Å². The molecule has 7 nitrogen and oxygen atoms in total. The van der Waals surface area contributed by atoms with Crippen molar-refractivity contribution in [2.75, 3.05) is 26.2 Å². The van der Waals surface area contributed by atoms with E-state index in [-0.39, 0.29) is 30.9 Å². The Balaban J connectivity index is 1.50. The van der Waals surface area contributed by atoms with Crippen molar-refractivity contribution in [3.63, 3.8) is 0 Å². The Kier molecular flexibility index (Phi) is 5.17. The lowest BCUT2D eigenvalue weighted by Crippen LogP contribution is -2.50. The molecule has 0 saturated carbocycles. The fourth-order valence-corrected chi connectivity index (χ4v) is 4.15. The fourth-order valence-electron chi connectivity index (χ4n) is 4.15. The number of rotatable bonds is 4. The van der Waals surface area contributed by atoms with Crippen molar-refractivity contribution in [3.8, 4) is 5.69 Å². The SMILES string of the molecule is Cc1cccc(-n2ncc3c2CCC[C@H]3NC(=O)CN2CCNC(=O)C2)c1C. The zero-order valence-corrected chi connectivity index (χ0v) is 16.5. The molecule has 4 rings (SSSR count). The molecule has 1 saturated heterocycles. The van der Waals surface area contributed by atoms with Gasteiger partial charge in [0, 0.05) is 24.3 Å². The van der Waals surface area contributed by atoms with E-state index in [1.165, 1.54) is 16.8 Å². The van der Waals surface area contributed by atoms with E-state index >= 15 is 0 Å². The molecule has 1 atom stereocenters. The van der Waals surface area contributed by atoms with E-state index in [0.29, 0.717) is 13.1 Å². The number of aryl methyl sites for hydroxylation is 1. The summed E-state index contributed by atoms with van der Waals surface area (Å²) in [7, 11) is 0. The van der Waals surface area contributed by atoms with Gasteiger partial charge in [0.25, 0.3) is 0 Å². The van der Waals surface area contributed by atoms with Gasteiger partial charge in [-0.3, -0.25) is 14.5 Å². The van der Waals surface area contributed by atoms with Crippen molar-refractivity contribution in [1.82, 2.24) is 25.3 Å². The number of aromatic nitrogens is 2. The highest BCUT2D eigenvalue weighted by Crippen LogP contribution is 2.32. The Hall–Kier alpha value is -2.67. The molecular formula is C21H27N5O2. The zero-order valence-electron chi connectivity index (χ0n) is 16.5. The maximum absolute atomic E-state index is 12.6. The molecule has 2 heterocycles. The first-order chi connectivity index (χ1) is 13.5. The van der Waals surface area contributed by atoms with Crippen molar-refractivity contribution in [2.24, 2.45) is 0 Å². The number of carbonyl (C=O) groups excluding carboxylic acids is 2. The highest BCUT2D eigenvalue weighted by molar-refractivity contribution is 5.82. The third-order valence-corrected chi connectivity index (χ3v) is 5.81. The summed E-state index contributed by atoms with van der Waals surface area (Å²) in [5.74, 6) is -0.0548. The Morgan fingerprint density at radius 1 is 1.36 bits per heavy atom. The van der Waals surface area contributed by atoms with E-state index in [9.17, 15) is 9.59 Å². The largest absolute Gasteiger partial charge is 0.354 e.